The normalized spacial score (nSPS) is 11.3. The van der Waals surface area contributed by atoms with Crippen molar-refractivity contribution in [1.82, 2.24) is 0 Å². The first-order chi connectivity index (χ1) is 9.17. The molecule has 0 bridgehead atoms. The van der Waals surface area contributed by atoms with Gasteiger partial charge in [-0.15, -0.1) is 0 Å². The molecule has 6 heteroatoms. The minimum atomic E-state index is -2.43. The lowest BCUT2D eigenvalue weighted by atomic mass is 10.3. The maximum Gasteiger partial charge on any atom is 0.288 e. The molecule has 0 aliphatic heterocycles. The van der Waals surface area contributed by atoms with Crippen LogP contribution in [0, 0.1) is 0 Å². The standard InChI is InChI=1S/C13H19F2NO2S/c1-3-17-12(18-4-2)9-16-10-7-5-6-8-11(10)19-13(14)15/h5-8,12-13,16H,3-4,9H2,1-2H3. The molecule has 3 nitrogen and oxygen atoms in total. The highest BCUT2D eigenvalue weighted by atomic mass is 32.2. The molecule has 0 saturated heterocycles. The maximum atomic E-state index is 12.4. The molecule has 0 fully saturated rings. The summed E-state index contributed by atoms with van der Waals surface area (Å²) in [6.45, 7) is 5.27. The number of nitrogens with one attached hydrogen (secondary N) is 1. The molecule has 108 valence electrons. The predicted octanol–water partition coefficient (Wildman–Crippen LogP) is 3.81. The number of alkyl halides is 2. The largest absolute Gasteiger partial charge is 0.379 e. The zero-order valence-electron chi connectivity index (χ0n) is 11.1. The van der Waals surface area contributed by atoms with Gasteiger partial charge in [-0.1, -0.05) is 23.9 Å². The van der Waals surface area contributed by atoms with Crippen LogP contribution in [0.3, 0.4) is 0 Å². The first-order valence-corrected chi connectivity index (χ1v) is 7.06. The van der Waals surface area contributed by atoms with Crippen molar-refractivity contribution < 1.29 is 18.3 Å². The summed E-state index contributed by atoms with van der Waals surface area (Å²) in [5, 5.41) is 3.08. The van der Waals surface area contributed by atoms with Gasteiger partial charge in [0.15, 0.2) is 6.29 Å². The molecule has 1 rings (SSSR count). The van der Waals surface area contributed by atoms with Crippen LogP contribution in [-0.2, 0) is 9.47 Å². The molecule has 0 saturated carbocycles. The number of anilines is 1. The Kier molecular flexibility index (Phi) is 7.78. The average Bonchev–Trinajstić information content (AvgIpc) is 2.37. The van der Waals surface area contributed by atoms with Gasteiger partial charge >= 0.3 is 0 Å². The number of thioether (sulfide) groups is 1. The summed E-state index contributed by atoms with van der Waals surface area (Å²) in [5.41, 5.74) is 0.664. The van der Waals surface area contributed by atoms with Crippen LogP contribution in [0.25, 0.3) is 0 Å². The van der Waals surface area contributed by atoms with E-state index < -0.39 is 5.76 Å². The predicted molar refractivity (Wildman–Crippen MR) is 73.8 cm³/mol. The fourth-order valence-electron chi connectivity index (χ4n) is 1.54. The zero-order valence-corrected chi connectivity index (χ0v) is 11.9. The van der Waals surface area contributed by atoms with Crippen molar-refractivity contribution in [1.29, 1.82) is 0 Å². The summed E-state index contributed by atoms with van der Waals surface area (Å²) in [6.07, 6.45) is -0.375. The van der Waals surface area contributed by atoms with Gasteiger partial charge in [0.1, 0.15) is 0 Å². The number of rotatable bonds is 9. The van der Waals surface area contributed by atoms with Crippen molar-refractivity contribution in [2.24, 2.45) is 0 Å². The Labute approximate surface area is 116 Å². The zero-order chi connectivity index (χ0) is 14.1. The lowest BCUT2D eigenvalue weighted by molar-refractivity contribution is -0.126. The van der Waals surface area contributed by atoms with E-state index in [1.54, 1.807) is 24.3 Å². The van der Waals surface area contributed by atoms with Crippen LogP contribution in [0.2, 0.25) is 0 Å². The minimum absolute atomic E-state index is 0.375. The van der Waals surface area contributed by atoms with Crippen molar-refractivity contribution in [2.45, 2.75) is 30.8 Å². The molecule has 0 aromatic heterocycles. The third-order valence-corrected chi connectivity index (χ3v) is 3.06. The smallest absolute Gasteiger partial charge is 0.288 e. The van der Waals surface area contributed by atoms with E-state index in [1.807, 2.05) is 13.8 Å². The van der Waals surface area contributed by atoms with Gasteiger partial charge in [-0.25, -0.2) is 0 Å². The van der Waals surface area contributed by atoms with Crippen LogP contribution in [0.5, 0.6) is 0 Å². The molecule has 0 aliphatic rings. The van der Waals surface area contributed by atoms with Crippen molar-refractivity contribution in [3.05, 3.63) is 24.3 Å². The fraction of sp³-hybridized carbons (Fsp3) is 0.538. The summed E-state index contributed by atoms with van der Waals surface area (Å²) in [5.74, 6) is -2.43. The number of halogens is 2. The van der Waals surface area contributed by atoms with E-state index in [4.69, 9.17) is 9.47 Å². The van der Waals surface area contributed by atoms with E-state index in [0.717, 1.165) is 0 Å². The molecule has 0 unspecified atom stereocenters. The van der Waals surface area contributed by atoms with E-state index in [0.29, 0.717) is 42.1 Å². The van der Waals surface area contributed by atoms with E-state index in [2.05, 4.69) is 5.32 Å². The van der Waals surface area contributed by atoms with Gasteiger partial charge in [0.2, 0.25) is 0 Å². The first kappa shape index (κ1) is 16.2. The van der Waals surface area contributed by atoms with Crippen LogP contribution in [-0.4, -0.2) is 31.8 Å². The Morgan fingerprint density at radius 1 is 1.16 bits per heavy atom. The second-order valence-corrected chi connectivity index (χ2v) is 4.63. The summed E-state index contributed by atoms with van der Waals surface area (Å²) < 4.78 is 35.6. The molecule has 1 N–H and O–H groups in total. The van der Waals surface area contributed by atoms with Crippen LogP contribution < -0.4 is 5.32 Å². The highest BCUT2D eigenvalue weighted by Gasteiger charge is 2.12. The molecule has 1 aromatic rings. The number of para-hydroxylation sites is 1. The van der Waals surface area contributed by atoms with Crippen molar-refractivity contribution in [3.8, 4) is 0 Å². The SMILES string of the molecule is CCOC(CNc1ccccc1SC(F)F)OCC. The van der Waals surface area contributed by atoms with Gasteiger partial charge in [-0.2, -0.15) is 8.78 Å². The summed E-state index contributed by atoms with van der Waals surface area (Å²) in [7, 11) is 0. The lowest BCUT2D eigenvalue weighted by Crippen LogP contribution is -2.26. The lowest BCUT2D eigenvalue weighted by Gasteiger charge is -2.19. The van der Waals surface area contributed by atoms with Crippen LogP contribution >= 0.6 is 11.8 Å². The molecule has 0 amide bonds. The summed E-state index contributed by atoms with van der Waals surface area (Å²) in [4.78, 5) is 0.518. The van der Waals surface area contributed by atoms with E-state index >= 15 is 0 Å². The quantitative estimate of drug-likeness (QED) is 0.553. The second kappa shape index (κ2) is 9.12. The van der Waals surface area contributed by atoms with Gasteiger partial charge in [-0.3, -0.25) is 0 Å². The third-order valence-electron chi connectivity index (χ3n) is 2.27. The van der Waals surface area contributed by atoms with Gasteiger partial charge in [0, 0.05) is 23.8 Å². The van der Waals surface area contributed by atoms with Crippen LogP contribution in [0.15, 0.2) is 29.2 Å². The Morgan fingerprint density at radius 2 is 1.79 bits per heavy atom. The monoisotopic (exact) mass is 291 g/mol. The molecule has 1 aromatic carbocycles. The van der Waals surface area contributed by atoms with Gasteiger partial charge in [0.25, 0.3) is 5.76 Å². The molecular weight excluding hydrogens is 272 g/mol. The van der Waals surface area contributed by atoms with Crippen molar-refractivity contribution in [3.63, 3.8) is 0 Å². The highest BCUT2D eigenvalue weighted by Crippen LogP contribution is 2.31. The van der Waals surface area contributed by atoms with Gasteiger partial charge in [-0.05, 0) is 26.0 Å². The molecule has 0 radical (unpaired) electrons. The van der Waals surface area contributed by atoms with Gasteiger partial charge < -0.3 is 14.8 Å². The third kappa shape index (κ3) is 6.22. The number of hydrogen-bond acceptors (Lipinski definition) is 4. The van der Waals surface area contributed by atoms with Gasteiger partial charge in [0.05, 0.1) is 6.54 Å². The Morgan fingerprint density at radius 3 is 2.37 bits per heavy atom. The molecule has 0 atom stereocenters. The Hall–Kier alpha value is -0.850. The van der Waals surface area contributed by atoms with E-state index in [-0.39, 0.29) is 6.29 Å². The van der Waals surface area contributed by atoms with Crippen LogP contribution in [0.4, 0.5) is 14.5 Å². The number of ether oxygens (including phenoxy) is 2. The van der Waals surface area contributed by atoms with Crippen LogP contribution in [0.1, 0.15) is 13.8 Å². The highest BCUT2D eigenvalue weighted by molar-refractivity contribution is 7.99. The number of benzene rings is 1. The fourth-order valence-corrected chi connectivity index (χ4v) is 2.16. The molecule has 0 aliphatic carbocycles. The first-order valence-electron chi connectivity index (χ1n) is 6.18. The van der Waals surface area contributed by atoms with E-state index in [9.17, 15) is 8.78 Å². The van der Waals surface area contributed by atoms with E-state index in [1.165, 1.54) is 0 Å². The average molecular weight is 291 g/mol. The summed E-state index contributed by atoms with van der Waals surface area (Å²) in [6, 6.07) is 6.96. The Balaban J connectivity index is 2.59. The molecule has 19 heavy (non-hydrogen) atoms. The second-order valence-electron chi connectivity index (χ2n) is 3.60. The maximum absolute atomic E-state index is 12.4. The Bertz CT molecular complexity index is 360. The number of hydrogen-bond donors (Lipinski definition) is 1. The summed E-state index contributed by atoms with van der Waals surface area (Å²) >= 11 is 0.526. The minimum Gasteiger partial charge on any atom is -0.379 e. The topological polar surface area (TPSA) is 30.5 Å². The molecular formula is C13H19F2NO2S. The molecule has 0 heterocycles. The molecule has 0 spiro atoms. The van der Waals surface area contributed by atoms with Crippen molar-refractivity contribution >= 4 is 17.4 Å². The van der Waals surface area contributed by atoms with Crippen molar-refractivity contribution in [2.75, 3.05) is 25.1 Å².